The van der Waals surface area contributed by atoms with Gasteiger partial charge in [-0.2, -0.15) is 0 Å². The fourth-order valence-corrected chi connectivity index (χ4v) is 4.16. The lowest BCUT2D eigenvalue weighted by Crippen LogP contribution is -2.26. The van der Waals surface area contributed by atoms with Gasteiger partial charge < -0.3 is 14.6 Å². The van der Waals surface area contributed by atoms with E-state index in [9.17, 15) is 4.79 Å². The van der Waals surface area contributed by atoms with E-state index in [1.165, 1.54) is 22.7 Å². The number of nitrogens with zero attached hydrogens (tertiary/aromatic N) is 2. The van der Waals surface area contributed by atoms with Crippen LogP contribution < -0.4 is 10.3 Å². The van der Waals surface area contributed by atoms with Crippen molar-refractivity contribution in [3.8, 4) is 11.4 Å². The van der Waals surface area contributed by atoms with E-state index in [4.69, 9.17) is 16.3 Å². The topological polar surface area (TPSA) is 50.3 Å². The van der Waals surface area contributed by atoms with Crippen LogP contribution in [0.1, 0.15) is 16.8 Å². The number of aromatic nitrogens is 2. The Morgan fingerprint density at radius 1 is 1.10 bits per heavy atom. The maximum absolute atomic E-state index is 12.7. The molecule has 2 aromatic carbocycles. The maximum Gasteiger partial charge on any atom is 0.258 e. The first-order chi connectivity index (χ1) is 14.6. The van der Waals surface area contributed by atoms with Crippen LogP contribution in [-0.4, -0.2) is 28.0 Å². The molecule has 0 unspecified atom stereocenters. The molecule has 0 fully saturated rings. The molecule has 4 aromatic rings. The summed E-state index contributed by atoms with van der Waals surface area (Å²) in [6, 6.07) is 17.0. The fourth-order valence-electron chi connectivity index (χ4n) is 4.03. The quantitative estimate of drug-likeness (QED) is 0.528. The maximum atomic E-state index is 12.7. The smallest absolute Gasteiger partial charge is 0.258 e. The third kappa shape index (κ3) is 3.62. The Morgan fingerprint density at radius 3 is 2.73 bits per heavy atom. The number of H-pyrrole nitrogens is 1. The molecule has 5 nitrogen and oxygen atoms in total. The lowest BCUT2D eigenvalue weighted by molar-refractivity contribution is 0.305. The summed E-state index contributed by atoms with van der Waals surface area (Å²) >= 11 is 5.91. The summed E-state index contributed by atoms with van der Waals surface area (Å²) in [4.78, 5) is 18.6. The summed E-state index contributed by atoms with van der Waals surface area (Å²) in [6.45, 7) is 2.38. The molecule has 0 radical (unpaired) electrons. The second-order valence-corrected chi connectivity index (χ2v) is 8.22. The van der Waals surface area contributed by atoms with Crippen LogP contribution in [0.4, 0.5) is 0 Å². The Morgan fingerprint density at radius 2 is 1.93 bits per heavy atom. The standard InChI is InChI=1S/C24H22ClN3O2/c1-27-10-9-21-20-7-6-18(12-22(20)26-23(21)14-27)28-11-8-19(13-24(28)29)30-15-16-2-4-17(25)5-3-16/h2-8,11-13,26H,9-10,14-15H2,1H3. The number of hydrogen-bond acceptors (Lipinski definition) is 3. The van der Waals surface area contributed by atoms with Crippen molar-refractivity contribution in [1.29, 1.82) is 0 Å². The van der Waals surface area contributed by atoms with E-state index < -0.39 is 0 Å². The van der Waals surface area contributed by atoms with E-state index in [1.807, 2.05) is 42.5 Å². The van der Waals surface area contributed by atoms with Crippen molar-refractivity contribution >= 4 is 22.5 Å². The zero-order chi connectivity index (χ0) is 20.7. The van der Waals surface area contributed by atoms with Gasteiger partial charge in [0.2, 0.25) is 0 Å². The molecule has 1 aliphatic rings. The molecule has 1 N–H and O–H groups in total. The minimum atomic E-state index is -0.126. The first-order valence-electron chi connectivity index (χ1n) is 9.99. The Labute approximate surface area is 179 Å². The van der Waals surface area contributed by atoms with Gasteiger partial charge in [-0.25, -0.2) is 0 Å². The SMILES string of the molecule is CN1CCc2c([nH]c3cc(-n4ccc(OCc5ccc(Cl)cc5)cc4=O)ccc23)C1. The van der Waals surface area contributed by atoms with Crippen LogP contribution in [0.25, 0.3) is 16.6 Å². The highest BCUT2D eigenvalue weighted by Crippen LogP contribution is 2.28. The molecule has 5 rings (SSSR count). The fraction of sp³-hybridized carbons (Fsp3) is 0.208. The molecule has 0 saturated carbocycles. The van der Waals surface area contributed by atoms with Gasteiger partial charge in [0, 0.05) is 47.0 Å². The molecule has 30 heavy (non-hydrogen) atoms. The average molecular weight is 420 g/mol. The van der Waals surface area contributed by atoms with Crippen LogP contribution in [0.2, 0.25) is 5.02 Å². The van der Waals surface area contributed by atoms with Crippen LogP contribution in [-0.2, 0) is 19.6 Å². The minimum absolute atomic E-state index is 0.126. The summed E-state index contributed by atoms with van der Waals surface area (Å²) < 4.78 is 7.41. The highest BCUT2D eigenvalue weighted by molar-refractivity contribution is 6.30. The minimum Gasteiger partial charge on any atom is -0.489 e. The van der Waals surface area contributed by atoms with Crippen LogP contribution in [0.5, 0.6) is 5.75 Å². The second-order valence-electron chi connectivity index (χ2n) is 7.79. The van der Waals surface area contributed by atoms with Crippen LogP contribution in [0.15, 0.2) is 65.6 Å². The average Bonchev–Trinajstić information content (AvgIpc) is 3.10. The molecule has 2 aromatic heterocycles. The number of aromatic amines is 1. The van der Waals surface area contributed by atoms with Crippen molar-refractivity contribution in [3.63, 3.8) is 0 Å². The first kappa shape index (κ1) is 19.0. The molecule has 152 valence electrons. The van der Waals surface area contributed by atoms with Gasteiger partial charge in [-0.05, 0) is 54.9 Å². The number of halogens is 1. The molecule has 6 heteroatoms. The summed E-state index contributed by atoms with van der Waals surface area (Å²) in [6.07, 6.45) is 2.81. The number of hydrogen-bond donors (Lipinski definition) is 1. The van der Waals surface area contributed by atoms with Gasteiger partial charge in [0.05, 0.1) is 5.69 Å². The molecule has 0 spiro atoms. The van der Waals surface area contributed by atoms with Crippen LogP contribution in [0, 0.1) is 0 Å². The number of rotatable bonds is 4. The normalized spacial score (nSPS) is 14.1. The van der Waals surface area contributed by atoms with Crippen molar-refractivity contribution in [2.45, 2.75) is 19.6 Å². The highest BCUT2D eigenvalue weighted by atomic mass is 35.5. The summed E-state index contributed by atoms with van der Waals surface area (Å²) in [5.41, 5.74) is 5.45. The Hall–Kier alpha value is -3.02. The van der Waals surface area contributed by atoms with Gasteiger partial charge >= 0.3 is 0 Å². The third-order valence-corrected chi connectivity index (χ3v) is 5.89. The number of likely N-dealkylation sites (N-methyl/N-ethyl adjacent to an activating group) is 1. The van der Waals surface area contributed by atoms with Crippen LogP contribution in [0.3, 0.4) is 0 Å². The number of nitrogens with one attached hydrogen (secondary N) is 1. The molecular formula is C24H22ClN3O2. The first-order valence-corrected chi connectivity index (χ1v) is 10.4. The number of pyridine rings is 1. The largest absolute Gasteiger partial charge is 0.489 e. The molecule has 0 amide bonds. The van der Waals surface area contributed by atoms with Crippen LogP contribution >= 0.6 is 11.6 Å². The number of fused-ring (bicyclic) bond motifs is 3. The molecule has 3 heterocycles. The molecule has 0 saturated heterocycles. The number of ether oxygens (including phenoxy) is 1. The van der Waals surface area contributed by atoms with Crippen molar-refractivity contribution in [3.05, 3.63) is 93.0 Å². The van der Waals surface area contributed by atoms with Gasteiger partial charge in [-0.15, -0.1) is 0 Å². The Kier molecular flexibility index (Phi) is 4.85. The molecular weight excluding hydrogens is 398 g/mol. The van der Waals surface area contributed by atoms with E-state index >= 15 is 0 Å². The zero-order valence-electron chi connectivity index (χ0n) is 16.7. The van der Waals surface area contributed by atoms with E-state index in [1.54, 1.807) is 10.8 Å². The van der Waals surface area contributed by atoms with E-state index in [0.29, 0.717) is 17.4 Å². The number of benzene rings is 2. The van der Waals surface area contributed by atoms with Gasteiger partial charge in [0.25, 0.3) is 5.56 Å². The highest BCUT2D eigenvalue weighted by Gasteiger charge is 2.18. The van der Waals surface area contributed by atoms with Crippen molar-refractivity contribution in [2.24, 2.45) is 0 Å². The predicted molar refractivity (Wildman–Crippen MR) is 120 cm³/mol. The molecule has 0 atom stereocenters. The third-order valence-electron chi connectivity index (χ3n) is 5.64. The van der Waals surface area contributed by atoms with E-state index in [-0.39, 0.29) is 5.56 Å². The predicted octanol–water partition coefficient (Wildman–Crippen LogP) is 4.54. The monoisotopic (exact) mass is 419 g/mol. The van der Waals surface area contributed by atoms with Gasteiger partial charge in [0.15, 0.2) is 0 Å². The van der Waals surface area contributed by atoms with Crippen molar-refractivity contribution < 1.29 is 4.74 Å². The van der Waals surface area contributed by atoms with Gasteiger partial charge in [-0.1, -0.05) is 29.8 Å². The van der Waals surface area contributed by atoms with Crippen molar-refractivity contribution in [2.75, 3.05) is 13.6 Å². The molecule has 0 bridgehead atoms. The van der Waals surface area contributed by atoms with E-state index in [2.05, 4.69) is 23.0 Å². The lowest BCUT2D eigenvalue weighted by atomic mass is 10.0. The second kappa shape index (κ2) is 7.67. The summed E-state index contributed by atoms with van der Waals surface area (Å²) in [5, 5.41) is 1.94. The summed E-state index contributed by atoms with van der Waals surface area (Å²) in [7, 11) is 2.13. The van der Waals surface area contributed by atoms with Crippen molar-refractivity contribution in [1.82, 2.24) is 14.5 Å². The zero-order valence-corrected chi connectivity index (χ0v) is 17.4. The Balaban J connectivity index is 1.39. The van der Waals surface area contributed by atoms with Gasteiger partial charge in [0.1, 0.15) is 12.4 Å². The Bertz CT molecular complexity index is 1270. The van der Waals surface area contributed by atoms with Gasteiger partial charge in [-0.3, -0.25) is 9.36 Å². The summed E-state index contributed by atoms with van der Waals surface area (Å²) in [5.74, 6) is 0.547. The molecule has 0 aliphatic carbocycles. The van der Waals surface area contributed by atoms with E-state index in [0.717, 1.165) is 36.3 Å². The molecule has 1 aliphatic heterocycles. The lowest BCUT2D eigenvalue weighted by Gasteiger charge is -2.22.